The minimum absolute atomic E-state index is 0.00434. The average molecular weight is 381 g/mol. The lowest BCUT2D eigenvalue weighted by molar-refractivity contribution is -0.144. The van der Waals surface area contributed by atoms with E-state index in [0.29, 0.717) is 6.54 Å². The van der Waals surface area contributed by atoms with Gasteiger partial charge in [0.25, 0.3) is 0 Å². The molecule has 148 valence electrons. The second kappa shape index (κ2) is 7.80. The van der Waals surface area contributed by atoms with Crippen LogP contribution in [0.2, 0.25) is 0 Å². The number of nitrogens with zero attached hydrogens (tertiary/aromatic N) is 3. The van der Waals surface area contributed by atoms with E-state index in [-0.39, 0.29) is 37.0 Å². The zero-order valence-corrected chi connectivity index (χ0v) is 16.5. The van der Waals surface area contributed by atoms with Crippen LogP contribution in [0.15, 0.2) is 42.6 Å². The third kappa shape index (κ3) is 3.69. The largest absolute Gasteiger partial charge is 0.375 e. The summed E-state index contributed by atoms with van der Waals surface area (Å²) in [6.07, 6.45) is 4.00. The number of hydrogen-bond donors (Lipinski definition) is 0. The third-order valence-electron chi connectivity index (χ3n) is 5.60. The Morgan fingerprint density at radius 3 is 2.71 bits per heavy atom. The first-order valence-electron chi connectivity index (χ1n) is 9.88. The topological polar surface area (TPSA) is 54.8 Å². The van der Waals surface area contributed by atoms with Gasteiger partial charge in [-0.05, 0) is 37.5 Å². The van der Waals surface area contributed by atoms with E-state index in [1.165, 1.54) is 12.7 Å². The number of carbonyl (C=O) groups is 2. The molecular formula is C22H27N3O3. The number of ether oxygens (including phenoxy) is 1. The van der Waals surface area contributed by atoms with Crippen LogP contribution in [-0.2, 0) is 20.9 Å². The first kappa shape index (κ1) is 18.7. The SMILES string of the molecule is COCC(=O)N(CC(=O)N1CCn2cccc2[C@H]1c1cccc(C)c1)C1CC1. The van der Waals surface area contributed by atoms with Crippen LogP contribution in [-0.4, -0.2) is 59.0 Å². The maximum absolute atomic E-state index is 13.3. The average Bonchev–Trinajstić information content (AvgIpc) is 3.41. The number of carbonyl (C=O) groups excluding carboxylic acids is 2. The Bertz CT molecular complexity index is 871. The highest BCUT2D eigenvalue weighted by Crippen LogP contribution is 2.34. The summed E-state index contributed by atoms with van der Waals surface area (Å²) in [6, 6.07) is 12.5. The lowest BCUT2D eigenvalue weighted by Gasteiger charge is -2.38. The standard InChI is InChI=1S/C22H27N3O3/c1-16-5-3-6-17(13-16)22-19-7-4-10-23(19)11-12-24(22)20(26)14-25(18-8-9-18)21(27)15-28-2/h3-7,10,13,18,22H,8-9,11-12,14-15H2,1-2H3/t22-/m1/s1. The summed E-state index contributed by atoms with van der Waals surface area (Å²) in [5.41, 5.74) is 3.39. The fourth-order valence-electron chi connectivity index (χ4n) is 4.09. The number of methoxy groups -OCH3 is 1. The number of rotatable bonds is 6. The van der Waals surface area contributed by atoms with E-state index in [2.05, 4.69) is 42.0 Å². The molecule has 1 fully saturated rings. The summed E-state index contributed by atoms with van der Waals surface area (Å²) < 4.78 is 7.22. The van der Waals surface area contributed by atoms with Gasteiger partial charge >= 0.3 is 0 Å². The normalized spacial score (nSPS) is 18.6. The van der Waals surface area contributed by atoms with E-state index in [4.69, 9.17) is 4.74 Å². The van der Waals surface area contributed by atoms with Gasteiger partial charge in [0.05, 0.1) is 6.04 Å². The van der Waals surface area contributed by atoms with Crippen molar-refractivity contribution in [3.63, 3.8) is 0 Å². The summed E-state index contributed by atoms with van der Waals surface area (Å²) in [6.45, 7) is 3.61. The van der Waals surface area contributed by atoms with Crippen LogP contribution >= 0.6 is 0 Å². The van der Waals surface area contributed by atoms with Crippen molar-refractivity contribution in [2.24, 2.45) is 0 Å². The Labute approximate surface area is 165 Å². The Morgan fingerprint density at radius 2 is 2.00 bits per heavy atom. The van der Waals surface area contributed by atoms with Crippen molar-refractivity contribution < 1.29 is 14.3 Å². The molecule has 0 spiro atoms. The number of aromatic nitrogens is 1. The van der Waals surface area contributed by atoms with Gasteiger partial charge in [0.15, 0.2) is 0 Å². The van der Waals surface area contributed by atoms with E-state index in [0.717, 1.165) is 30.6 Å². The monoisotopic (exact) mass is 381 g/mol. The van der Waals surface area contributed by atoms with Crippen molar-refractivity contribution in [2.45, 2.75) is 38.4 Å². The first-order chi connectivity index (χ1) is 13.6. The Kier molecular flexibility index (Phi) is 5.22. The Balaban J connectivity index is 1.61. The zero-order chi connectivity index (χ0) is 19.7. The minimum Gasteiger partial charge on any atom is -0.375 e. The van der Waals surface area contributed by atoms with Crippen molar-refractivity contribution in [3.05, 3.63) is 59.4 Å². The molecule has 2 aliphatic rings. The number of hydrogen-bond acceptors (Lipinski definition) is 3. The molecule has 6 nitrogen and oxygen atoms in total. The molecule has 0 radical (unpaired) electrons. The molecule has 1 aromatic heterocycles. The Hall–Kier alpha value is -2.60. The number of aryl methyl sites for hydroxylation is 1. The van der Waals surface area contributed by atoms with Gasteiger partial charge in [-0.15, -0.1) is 0 Å². The smallest absolute Gasteiger partial charge is 0.249 e. The van der Waals surface area contributed by atoms with Crippen LogP contribution in [0.1, 0.15) is 35.7 Å². The van der Waals surface area contributed by atoms with Gasteiger partial charge in [-0.2, -0.15) is 0 Å². The fourth-order valence-corrected chi connectivity index (χ4v) is 4.09. The van der Waals surface area contributed by atoms with Crippen LogP contribution in [0.3, 0.4) is 0 Å². The van der Waals surface area contributed by atoms with Gasteiger partial charge in [0.2, 0.25) is 11.8 Å². The molecule has 6 heteroatoms. The molecule has 28 heavy (non-hydrogen) atoms. The summed E-state index contributed by atoms with van der Waals surface area (Å²) in [5, 5.41) is 0. The fraction of sp³-hybridized carbons (Fsp3) is 0.455. The maximum atomic E-state index is 13.3. The lowest BCUT2D eigenvalue weighted by atomic mass is 9.98. The molecule has 1 aromatic carbocycles. The second-order valence-electron chi connectivity index (χ2n) is 7.72. The molecule has 0 saturated heterocycles. The molecule has 2 aromatic rings. The number of benzene rings is 1. The zero-order valence-electron chi connectivity index (χ0n) is 16.5. The lowest BCUT2D eigenvalue weighted by Crippen LogP contribution is -2.49. The van der Waals surface area contributed by atoms with Crippen molar-refractivity contribution in [1.29, 1.82) is 0 Å². The van der Waals surface area contributed by atoms with E-state index in [1.54, 1.807) is 4.90 Å². The molecule has 0 unspecified atom stereocenters. The van der Waals surface area contributed by atoms with Crippen molar-refractivity contribution in [3.8, 4) is 0 Å². The first-order valence-corrected chi connectivity index (χ1v) is 9.88. The van der Waals surface area contributed by atoms with Crippen LogP contribution < -0.4 is 0 Å². The highest BCUT2D eigenvalue weighted by molar-refractivity contribution is 5.86. The van der Waals surface area contributed by atoms with Crippen LogP contribution in [0.25, 0.3) is 0 Å². The van der Waals surface area contributed by atoms with Crippen LogP contribution in [0, 0.1) is 6.92 Å². The van der Waals surface area contributed by atoms with Crippen LogP contribution in [0.4, 0.5) is 0 Å². The highest BCUT2D eigenvalue weighted by atomic mass is 16.5. The molecular weight excluding hydrogens is 354 g/mol. The number of fused-ring (bicyclic) bond motifs is 1. The van der Waals surface area contributed by atoms with Gasteiger partial charge in [-0.25, -0.2) is 0 Å². The van der Waals surface area contributed by atoms with Crippen molar-refractivity contribution in [1.82, 2.24) is 14.4 Å². The van der Waals surface area contributed by atoms with E-state index in [1.807, 2.05) is 17.0 Å². The minimum atomic E-state index is -0.130. The molecule has 1 saturated carbocycles. The van der Waals surface area contributed by atoms with Gasteiger partial charge in [-0.1, -0.05) is 29.8 Å². The molecule has 0 bridgehead atoms. The second-order valence-corrected chi connectivity index (χ2v) is 7.72. The summed E-state index contributed by atoms with van der Waals surface area (Å²) >= 11 is 0. The van der Waals surface area contributed by atoms with Gasteiger partial charge in [0.1, 0.15) is 13.2 Å². The van der Waals surface area contributed by atoms with E-state index < -0.39 is 0 Å². The Morgan fingerprint density at radius 1 is 1.18 bits per heavy atom. The quantitative estimate of drug-likeness (QED) is 0.772. The molecule has 1 aliphatic carbocycles. The summed E-state index contributed by atoms with van der Waals surface area (Å²) in [5.74, 6) is -0.110. The van der Waals surface area contributed by atoms with E-state index >= 15 is 0 Å². The third-order valence-corrected chi connectivity index (χ3v) is 5.60. The number of amides is 2. The maximum Gasteiger partial charge on any atom is 0.249 e. The molecule has 2 amide bonds. The predicted molar refractivity (Wildman–Crippen MR) is 106 cm³/mol. The summed E-state index contributed by atoms with van der Waals surface area (Å²) in [7, 11) is 1.51. The molecule has 4 rings (SSSR count). The highest BCUT2D eigenvalue weighted by Gasteiger charge is 2.37. The predicted octanol–water partition coefficient (Wildman–Crippen LogP) is 2.37. The van der Waals surface area contributed by atoms with Crippen LogP contribution in [0.5, 0.6) is 0 Å². The van der Waals surface area contributed by atoms with E-state index in [9.17, 15) is 9.59 Å². The summed E-state index contributed by atoms with van der Waals surface area (Å²) in [4.78, 5) is 29.4. The molecule has 0 N–H and O–H groups in total. The molecule has 1 atom stereocenters. The molecule has 1 aliphatic heterocycles. The molecule has 2 heterocycles. The van der Waals surface area contributed by atoms with Gasteiger partial charge in [0, 0.05) is 38.1 Å². The van der Waals surface area contributed by atoms with Crippen molar-refractivity contribution in [2.75, 3.05) is 26.8 Å². The van der Waals surface area contributed by atoms with Gasteiger partial charge in [-0.3, -0.25) is 9.59 Å². The van der Waals surface area contributed by atoms with Crippen molar-refractivity contribution >= 4 is 11.8 Å². The van der Waals surface area contributed by atoms with Gasteiger partial charge < -0.3 is 19.1 Å².